The van der Waals surface area contributed by atoms with Gasteiger partial charge in [-0.3, -0.25) is 4.79 Å². The number of aryl methyl sites for hydroxylation is 1. The van der Waals surface area contributed by atoms with Crippen molar-refractivity contribution in [3.05, 3.63) is 65.2 Å². The summed E-state index contributed by atoms with van der Waals surface area (Å²) >= 11 is 0. The second-order valence-electron chi connectivity index (χ2n) is 5.36. The van der Waals surface area contributed by atoms with E-state index in [-0.39, 0.29) is 24.4 Å². The van der Waals surface area contributed by atoms with Crippen LogP contribution >= 0.6 is 12.4 Å². The highest BCUT2D eigenvalue weighted by atomic mass is 35.5. The Morgan fingerprint density at radius 2 is 1.68 bits per heavy atom. The lowest BCUT2D eigenvalue weighted by Gasteiger charge is -2.18. The Labute approximate surface area is 138 Å². The van der Waals surface area contributed by atoms with E-state index in [1.54, 1.807) is 0 Å². The highest BCUT2D eigenvalue weighted by Crippen LogP contribution is 2.17. The maximum atomic E-state index is 12.2. The van der Waals surface area contributed by atoms with E-state index in [1.807, 2.05) is 24.3 Å². The van der Waals surface area contributed by atoms with Crippen LogP contribution in [0.5, 0.6) is 0 Å². The Hall–Kier alpha value is -2.00. The predicted molar refractivity (Wildman–Crippen MR) is 94.2 cm³/mol. The number of carbonyl (C=O) groups is 1. The lowest BCUT2D eigenvalue weighted by Crippen LogP contribution is -2.29. The van der Waals surface area contributed by atoms with Crippen molar-refractivity contribution >= 4 is 24.0 Å². The molecule has 0 saturated carbocycles. The molecule has 1 amide bonds. The van der Waals surface area contributed by atoms with Gasteiger partial charge in [0.1, 0.15) is 0 Å². The van der Waals surface area contributed by atoms with Crippen LogP contribution in [0.4, 0.5) is 5.69 Å². The summed E-state index contributed by atoms with van der Waals surface area (Å²) in [6, 6.07) is 15.8. The van der Waals surface area contributed by atoms with Crippen molar-refractivity contribution in [3.63, 3.8) is 0 Å². The number of carbonyl (C=O) groups excluding carboxylic acids is 1. The third-order valence-electron chi connectivity index (χ3n) is 3.57. The van der Waals surface area contributed by atoms with E-state index in [1.165, 1.54) is 5.56 Å². The van der Waals surface area contributed by atoms with Gasteiger partial charge in [0.2, 0.25) is 5.91 Å². The van der Waals surface area contributed by atoms with Crippen LogP contribution in [-0.4, -0.2) is 5.91 Å². The van der Waals surface area contributed by atoms with Gasteiger partial charge in [0.05, 0.1) is 12.5 Å². The molecule has 4 heteroatoms. The average molecular weight is 319 g/mol. The molecule has 0 aliphatic carbocycles. The molecule has 0 spiro atoms. The Morgan fingerprint density at radius 1 is 1.09 bits per heavy atom. The number of amides is 1. The lowest BCUT2D eigenvalue weighted by atomic mass is 10.0. The van der Waals surface area contributed by atoms with Crippen LogP contribution in [0.15, 0.2) is 48.5 Å². The van der Waals surface area contributed by atoms with Crippen molar-refractivity contribution in [1.82, 2.24) is 5.32 Å². The second kappa shape index (κ2) is 8.44. The third-order valence-corrected chi connectivity index (χ3v) is 3.57. The molecule has 0 radical (unpaired) electrons. The van der Waals surface area contributed by atoms with Gasteiger partial charge >= 0.3 is 0 Å². The van der Waals surface area contributed by atoms with Gasteiger partial charge in [0.15, 0.2) is 0 Å². The Bertz CT molecular complexity index is 593. The molecule has 2 rings (SSSR count). The van der Waals surface area contributed by atoms with Crippen molar-refractivity contribution in [2.75, 3.05) is 5.73 Å². The van der Waals surface area contributed by atoms with Gasteiger partial charge in [-0.1, -0.05) is 48.9 Å². The van der Waals surface area contributed by atoms with Gasteiger partial charge in [0.25, 0.3) is 0 Å². The number of rotatable bonds is 5. The molecule has 0 aliphatic heterocycles. The molecule has 0 aromatic heterocycles. The topological polar surface area (TPSA) is 55.1 Å². The highest BCUT2D eigenvalue weighted by molar-refractivity contribution is 5.85. The molecule has 0 fully saturated rings. The van der Waals surface area contributed by atoms with E-state index in [9.17, 15) is 4.79 Å². The number of nitrogens with one attached hydrogen (secondary N) is 1. The Morgan fingerprint density at radius 3 is 2.23 bits per heavy atom. The Kier molecular flexibility index (Phi) is 6.93. The minimum atomic E-state index is 0. The number of benzene rings is 2. The van der Waals surface area contributed by atoms with Crippen LogP contribution in [0.3, 0.4) is 0 Å². The van der Waals surface area contributed by atoms with E-state index in [0.717, 1.165) is 17.5 Å². The fourth-order valence-electron chi connectivity index (χ4n) is 2.29. The molecule has 1 atom stereocenters. The van der Waals surface area contributed by atoms with Gasteiger partial charge in [0, 0.05) is 5.69 Å². The number of halogens is 1. The summed E-state index contributed by atoms with van der Waals surface area (Å²) in [5.41, 5.74) is 9.70. The van der Waals surface area contributed by atoms with Gasteiger partial charge in [-0.2, -0.15) is 0 Å². The normalized spacial score (nSPS) is 11.4. The van der Waals surface area contributed by atoms with E-state index >= 15 is 0 Å². The predicted octanol–water partition coefficient (Wildman–Crippen LogP) is 3.81. The summed E-state index contributed by atoms with van der Waals surface area (Å²) in [6.45, 7) is 4.14. The quantitative estimate of drug-likeness (QED) is 0.824. The zero-order chi connectivity index (χ0) is 15.2. The largest absolute Gasteiger partial charge is 0.399 e. The average Bonchev–Trinajstić information content (AvgIpc) is 2.48. The smallest absolute Gasteiger partial charge is 0.224 e. The number of nitrogens with two attached hydrogens (primary N) is 1. The fourth-order valence-corrected chi connectivity index (χ4v) is 2.29. The first-order valence-electron chi connectivity index (χ1n) is 7.29. The molecule has 118 valence electrons. The van der Waals surface area contributed by atoms with Crippen LogP contribution in [0.1, 0.15) is 36.1 Å². The van der Waals surface area contributed by atoms with Crippen molar-refractivity contribution < 1.29 is 4.79 Å². The summed E-state index contributed by atoms with van der Waals surface area (Å²) in [5, 5.41) is 3.10. The van der Waals surface area contributed by atoms with Gasteiger partial charge < -0.3 is 11.1 Å². The molecule has 1 unspecified atom stereocenters. The van der Waals surface area contributed by atoms with Gasteiger partial charge in [-0.05, 0) is 36.6 Å². The second-order valence-corrected chi connectivity index (χ2v) is 5.36. The minimum absolute atomic E-state index is 0. The van der Waals surface area contributed by atoms with Crippen molar-refractivity contribution in [1.29, 1.82) is 0 Å². The maximum absolute atomic E-state index is 12.2. The summed E-state index contributed by atoms with van der Waals surface area (Å²) in [7, 11) is 0. The summed E-state index contributed by atoms with van der Waals surface area (Å²) in [6.07, 6.45) is 1.25. The molecule has 2 aromatic carbocycles. The van der Waals surface area contributed by atoms with E-state index in [4.69, 9.17) is 5.73 Å². The molecular weight excluding hydrogens is 296 g/mol. The molecular formula is C18H23ClN2O. The zero-order valence-corrected chi connectivity index (χ0v) is 13.8. The van der Waals surface area contributed by atoms with Gasteiger partial charge in [-0.25, -0.2) is 0 Å². The third kappa shape index (κ3) is 5.08. The minimum Gasteiger partial charge on any atom is -0.399 e. The van der Waals surface area contributed by atoms with Crippen LogP contribution in [0.25, 0.3) is 0 Å². The monoisotopic (exact) mass is 318 g/mol. The van der Waals surface area contributed by atoms with Crippen LogP contribution in [-0.2, 0) is 11.2 Å². The first-order valence-corrected chi connectivity index (χ1v) is 7.29. The summed E-state index contributed by atoms with van der Waals surface area (Å²) in [4.78, 5) is 12.2. The van der Waals surface area contributed by atoms with Gasteiger partial charge in [-0.15, -0.1) is 12.4 Å². The SMILES string of the molecule is CCC(NC(=O)Cc1ccc(N)cc1)c1ccc(C)cc1.Cl. The number of hydrogen-bond donors (Lipinski definition) is 2. The molecule has 0 bridgehead atoms. The summed E-state index contributed by atoms with van der Waals surface area (Å²) < 4.78 is 0. The fraction of sp³-hybridized carbons (Fsp3) is 0.278. The summed E-state index contributed by atoms with van der Waals surface area (Å²) in [5.74, 6) is 0.0344. The Balaban J connectivity index is 0.00000242. The van der Waals surface area contributed by atoms with Crippen LogP contribution in [0, 0.1) is 6.92 Å². The van der Waals surface area contributed by atoms with E-state index in [0.29, 0.717) is 12.1 Å². The first kappa shape index (κ1) is 18.1. The van der Waals surface area contributed by atoms with Crippen molar-refractivity contribution in [2.24, 2.45) is 0 Å². The molecule has 2 aromatic rings. The number of nitrogen functional groups attached to an aromatic ring is 1. The standard InChI is InChI=1S/C18H22N2O.ClH/c1-3-17(15-8-4-13(2)5-9-15)20-18(21)12-14-6-10-16(19)11-7-14;/h4-11,17H,3,12,19H2,1-2H3,(H,20,21);1H. The molecule has 0 saturated heterocycles. The van der Waals surface area contributed by atoms with E-state index < -0.39 is 0 Å². The number of anilines is 1. The first-order chi connectivity index (χ1) is 10.1. The number of hydrogen-bond acceptors (Lipinski definition) is 2. The van der Waals surface area contributed by atoms with Crippen molar-refractivity contribution in [3.8, 4) is 0 Å². The molecule has 0 aliphatic rings. The van der Waals surface area contributed by atoms with Crippen LogP contribution < -0.4 is 11.1 Å². The van der Waals surface area contributed by atoms with Crippen LogP contribution in [0.2, 0.25) is 0 Å². The zero-order valence-electron chi connectivity index (χ0n) is 13.0. The molecule has 0 heterocycles. The maximum Gasteiger partial charge on any atom is 0.224 e. The molecule has 3 nitrogen and oxygen atoms in total. The van der Waals surface area contributed by atoms with Crippen molar-refractivity contribution in [2.45, 2.75) is 32.7 Å². The molecule has 22 heavy (non-hydrogen) atoms. The lowest BCUT2D eigenvalue weighted by molar-refractivity contribution is -0.121. The molecule has 3 N–H and O–H groups in total. The highest BCUT2D eigenvalue weighted by Gasteiger charge is 2.12. The van der Waals surface area contributed by atoms with E-state index in [2.05, 4.69) is 43.4 Å².